The molecule has 1 aliphatic heterocycles. The Bertz CT molecular complexity index is 706. The largest absolute Gasteiger partial charge is 0.353 e. The third-order valence-corrected chi connectivity index (χ3v) is 5.26. The minimum Gasteiger partial charge on any atom is -0.353 e. The first-order valence-electron chi connectivity index (χ1n) is 6.90. The van der Waals surface area contributed by atoms with Crippen molar-refractivity contribution in [3.63, 3.8) is 0 Å². The van der Waals surface area contributed by atoms with Crippen molar-refractivity contribution in [3.8, 4) is 0 Å². The number of hydrogen-bond donors (Lipinski definition) is 2. The van der Waals surface area contributed by atoms with E-state index < -0.39 is 20.9 Å². The lowest BCUT2D eigenvalue weighted by Gasteiger charge is -2.29. The fourth-order valence-corrected chi connectivity index (χ4v) is 2.77. The van der Waals surface area contributed by atoms with Gasteiger partial charge in [0.2, 0.25) is 5.91 Å². The van der Waals surface area contributed by atoms with Gasteiger partial charge in [-0.05, 0) is 19.9 Å². The zero-order chi connectivity index (χ0) is 16.4. The summed E-state index contributed by atoms with van der Waals surface area (Å²) < 4.78 is 25.7. The van der Waals surface area contributed by atoms with Crippen LogP contribution < -0.4 is 10.6 Å². The van der Waals surface area contributed by atoms with Crippen molar-refractivity contribution < 1.29 is 13.2 Å². The molecule has 0 saturated carbocycles. The molecule has 22 heavy (non-hydrogen) atoms. The van der Waals surface area contributed by atoms with Gasteiger partial charge in [0, 0.05) is 24.9 Å². The molecular weight excluding hydrogens is 306 g/mol. The number of carbonyl (C=O) groups is 1. The van der Waals surface area contributed by atoms with Crippen LogP contribution in [0.3, 0.4) is 0 Å². The highest BCUT2D eigenvalue weighted by molar-refractivity contribution is 7.91. The van der Waals surface area contributed by atoms with Gasteiger partial charge in [-0.3, -0.25) is 4.79 Å². The number of rotatable bonds is 5. The fraction of sp³-hybridized carbons (Fsp3) is 0.462. The Balaban J connectivity index is 2.45. The number of carbonyl (C=O) groups excluding carboxylic acids is 1. The lowest BCUT2D eigenvalue weighted by molar-refractivity contribution is -0.123. The van der Waals surface area contributed by atoms with Crippen LogP contribution in [0, 0.1) is 0 Å². The summed E-state index contributed by atoms with van der Waals surface area (Å²) in [6.45, 7) is 4.90. The van der Waals surface area contributed by atoms with Crippen molar-refractivity contribution in [2.24, 2.45) is 4.99 Å². The van der Waals surface area contributed by atoms with Crippen LogP contribution in [0.2, 0.25) is 0 Å². The van der Waals surface area contributed by atoms with Crippen molar-refractivity contribution in [3.05, 3.63) is 24.5 Å². The van der Waals surface area contributed by atoms with Gasteiger partial charge in [0.05, 0.1) is 11.6 Å². The summed E-state index contributed by atoms with van der Waals surface area (Å²) in [5.41, 5.74) is 0. The first-order valence-corrected chi connectivity index (χ1v) is 8.45. The van der Waals surface area contributed by atoms with E-state index in [0.29, 0.717) is 0 Å². The Hall–Kier alpha value is -2.16. The molecule has 120 valence electrons. The number of nitrogens with zero attached hydrogens (tertiary/aromatic N) is 3. The first-order chi connectivity index (χ1) is 10.3. The van der Waals surface area contributed by atoms with Crippen LogP contribution in [-0.4, -0.2) is 35.7 Å². The quantitative estimate of drug-likeness (QED) is 0.812. The molecule has 8 nitrogen and oxygen atoms in total. The second-order valence-corrected chi connectivity index (χ2v) is 7.53. The van der Waals surface area contributed by atoms with Gasteiger partial charge in [-0.15, -0.1) is 0 Å². The Morgan fingerprint density at radius 3 is 2.77 bits per heavy atom. The van der Waals surface area contributed by atoms with Gasteiger partial charge in [-0.1, -0.05) is 6.92 Å². The standard InChI is InChI=1S/C13H19N5O3S/c1-4-11(19)16-13(6-7-14-9-15-13)18-8-5-12(17-18)22(20,21)10(2)3/h5-10H,4H2,1-3H3,(H,14,15)(H,16,19). The topological polar surface area (TPSA) is 105 Å². The van der Waals surface area contributed by atoms with Gasteiger partial charge in [0.25, 0.3) is 5.79 Å². The molecule has 0 bridgehead atoms. The third-order valence-electron chi connectivity index (χ3n) is 3.22. The van der Waals surface area contributed by atoms with Crippen molar-refractivity contribution in [2.45, 2.75) is 43.3 Å². The van der Waals surface area contributed by atoms with Crippen LogP contribution in [0.5, 0.6) is 0 Å². The molecule has 9 heteroatoms. The molecule has 2 rings (SSSR count). The van der Waals surface area contributed by atoms with Crippen LogP contribution in [0.25, 0.3) is 0 Å². The fourth-order valence-electron chi connectivity index (χ4n) is 1.84. The molecule has 0 fully saturated rings. The average Bonchev–Trinajstić information content (AvgIpc) is 2.99. The van der Waals surface area contributed by atoms with Crippen molar-refractivity contribution in [1.29, 1.82) is 0 Å². The minimum atomic E-state index is -3.49. The second kappa shape index (κ2) is 5.91. The molecule has 0 radical (unpaired) electrons. The summed E-state index contributed by atoms with van der Waals surface area (Å²) in [6.07, 6.45) is 6.37. The molecule has 1 aromatic rings. The molecular formula is C13H19N5O3S. The summed E-state index contributed by atoms with van der Waals surface area (Å²) in [5.74, 6) is -1.49. The van der Waals surface area contributed by atoms with E-state index in [-0.39, 0.29) is 17.4 Å². The maximum absolute atomic E-state index is 12.2. The molecule has 0 spiro atoms. The van der Waals surface area contributed by atoms with Crippen molar-refractivity contribution in [1.82, 2.24) is 20.4 Å². The lowest BCUT2D eigenvalue weighted by atomic mass is 10.3. The first kappa shape index (κ1) is 16.2. The van der Waals surface area contributed by atoms with Gasteiger partial charge in [0.15, 0.2) is 14.9 Å². The molecule has 2 heterocycles. The lowest BCUT2D eigenvalue weighted by Crippen LogP contribution is -2.49. The summed E-state index contributed by atoms with van der Waals surface area (Å²) in [5, 5.41) is 8.99. The predicted octanol–water partition coefficient (Wildman–Crippen LogP) is 0.347. The van der Waals surface area contributed by atoms with E-state index in [1.165, 1.54) is 23.3 Å². The number of hydrogen-bond acceptors (Lipinski definition) is 6. The van der Waals surface area contributed by atoms with E-state index in [1.807, 2.05) is 0 Å². The summed E-state index contributed by atoms with van der Waals surface area (Å²) >= 11 is 0. The molecule has 1 unspecified atom stereocenters. The number of sulfone groups is 1. The zero-order valence-corrected chi connectivity index (χ0v) is 13.5. The van der Waals surface area contributed by atoms with E-state index in [0.717, 1.165) is 0 Å². The smallest absolute Gasteiger partial charge is 0.251 e. The Labute approximate surface area is 129 Å². The van der Waals surface area contributed by atoms with E-state index in [4.69, 9.17) is 0 Å². The Morgan fingerprint density at radius 2 is 2.23 bits per heavy atom. The van der Waals surface area contributed by atoms with Gasteiger partial charge in [0.1, 0.15) is 0 Å². The molecule has 2 N–H and O–H groups in total. The molecule has 1 aromatic heterocycles. The highest BCUT2D eigenvalue weighted by Gasteiger charge is 2.33. The zero-order valence-electron chi connectivity index (χ0n) is 12.6. The Kier molecular flexibility index (Phi) is 4.36. The number of aliphatic imine (C=N–C) groups is 1. The van der Waals surface area contributed by atoms with Crippen molar-refractivity contribution >= 4 is 22.1 Å². The van der Waals surface area contributed by atoms with Crippen molar-refractivity contribution in [2.75, 3.05) is 0 Å². The number of amides is 1. The van der Waals surface area contributed by atoms with Crippen LogP contribution in [-0.2, 0) is 20.4 Å². The molecule has 0 saturated heterocycles. The number of aromatic nitrogens is 2. The molecule has 1 aliphatic rings. The number of nitrogens with one attached hydrogen (secondary N) is 2. The van der Waals surface area contributed by atoms with Crippen LogP contribution in [0.4, 0.5) is 0 Å². The molecule has 0 aliphatic carbocycles. The van der Waals surface area contributed by atoms with Gasteiger partial charge >= 0.3 is 0 Å². The SMILES string of the molecule is CCC(=O)NC1(n2ccc(S(=O)(=O)C(C)C)n2)C=CNC=N1. The molecule has 1 atom stereocenters. The molecule has 0 aromatic carbocycles. The van der Waals surface area contributed by atoms with Crippen LogP contribution >= 0.6 is 0 Å². The maximum Gasteiger partial charge on any atom is 0.251 e. The van der Waals surface area contributed by atoms with E-state index in [1.54, 1.807) is 33.0 Å². The highest BCUT2D eigenvalue weighted by atomic mass is 32.2. The monoisotopic (exact) mass is 325 g/mol. The predicted molar refractivity (Wildman–Crippen MR) is 81.7 cm³/mol. The van der Waals surface area contributed by atoms with E-state index in [2.05, 4.69) is 20.7 Å². The van der Waals surface area contributed by atoms with E-state index in [9.17, 15) is 13.2 Å². The second-order valence-electron chi connectivity index (χ2n) is 5.08. The molecule has 1 amide bonds. The van der Waals surface area contributed by atoms with Crippen LogP contribution in [0.1, 0.15) is 27.2 Å². The normalized spacial score (nSPS) is 20.9. The summed E-state index contributed by atoms with van der Waals surface area (Å²) in [4.78, 5) is 16.0. The van der Waals surface area contributed by atoms with Crippen LogP contribution in [0.15, 0.2) is 34.6 Å². The minimum absolute atomic E-state index is 0.0465. The van der Waals surface area contributed by atoms with Gasteiger partial charge < -0.3 is 10.6 Å². The average molecular weight is 325 g/mol. The Morgan fingerprint density at radius 1 is 1.50 bits per heavy atom. The summed E-state index contributed by atoms with van der Waals surface area (Å²) in [6, 6.07) is 1.40. The summed E-state index contributed by atoms with van der Waals surface area (Å²) in [7, 11) is -3.49. The maximum atomic E-state index is 12.2. The van der Waals surface area contributed by atoms with Gasteiger partial charge in [-0.2, -0.15) is 5.10 Å². The van der Waals surface area contributed by atoms with Gasteiger partial charge in [-0.25, -0.2) is 18.1 Å². The highest BCUT2D eigenvalue weighted by Crippen LogP contribution is 2.21. The third kappa shape index (κ3) is 2.89. The van der Waals surface area contributed by atoms with E-state index >= 15 is 0 Å².